The highest BCUT2D eigenvalue weighted by molar-refractivity contribution is 6.32. The molecule has 3 rings (SSSR count). The molecule has 2 aromatic heterocycles. The Morgan fingerprint density at radius 3 is 2.59 bits per heavy atom. The number of anilines is 1. The highest BCUT2D eigenvalue weighted by atomic mass is 35.5. The fourth-order valence-corrected chi connectivity index (χ4v) is 3.11. The van der Waals surface area contributed by atoms with Crippen LogP contribution in [-0.2, 0) is 12.5 Å². The summed E-state index contributed by atoms with van der Waals surface area (Å²) in [6, 6.07) is 0. The van der Waals surface area contributed by atoms with Crippen molar-refractivity contribution >= 4 is 17.5 Å². The van der Waals surface area contributed by atoms with Gasteiger partial charge in [-0.25, -0.2) is 9.97 Å². The summed E-state index contributed by atoms with van der Waals surface area (Å²) >= 11 is 6.18. The van der Waals surface area contributed by atoms with Gasteiger partial charge in [0.15, 0.2) is 5.82 Å². The van der Waals surface area contributed by atoms with Crippen molar-refractivity contribution in [1.82, 2.24) is 29.6 Å². The Bertz CT molecular complexity index is 688. The minimum Gasteiger partial charge on any atom is -0.368 e. The van der Waals surface area contributed by atoms with Gasteiger partial charge in [0, 0.05) is 12.5 Å². The third kappa shape index (κ3) is 2.55. The van der Waals surface area contributed by atoms with Crippen LogP contribution in [0, 0.1) is 0 Å². The summed E-state index contributed by atoms with van der Waals surface area (Å²) in [6.07, 6.45) is 3.59. The lowest BCUT2D eigenvalue weighted by Gasteiger charge is -2.36. The van der Waals surface area contributed by atoms with Crippen LogP contribution in [0.3, 0.4) is 0 Å². The van der Waals surface area contributed by atoms with Gasteiger partial charge in [0.25, 0.3) is 0 Å². The summed E-state index contributed by atoms with van der Waals surface area (Å²) in [5, 5.41) is 9.14. The van der Waals surface area contributed by atoms with Crippen molar-refractivity contribution in [2.75, 3.05) is 25.9 Å². The van der Waals surface area contributed by atoms with E-state index in [0.717, 1.165) is 31.8 Å². The van der Waals surface area contributed by atoms with Crippen LogP contribution < -0.4 is 5.73 Å². The first-order chi connectivity index (χ1) is 10.4. The molecular weight excluding hydrogens is 302 g/mol. The van der Waals surface area contributed by atoms with E-state index in [0.29, 0.717) is 16.5 Å². The Hall–Kier alpha value is -1.73. The van der Waals surface area contributed by atoms with Crippen LogP contribution >= 0.6 is 11.6 Å². The van der Waals surface area contributed by atoms with Gasteiger partial charge in [0.1, 0.15) is 11.5 Å². The van der Waals surface area contributed by atoms with E-state index in [2.05, 4.69) is 39.0 Å². The highest BCUT2D eigenvalue weighted by Gasteiger charge is 2.35. The monoisotopic (exact) mass is 321 g/mol. The van der Waals surface area contributed by atoms with Crippen LogP contribution in [0.1, 0.15) is 25.6 Å². The van der Waals surface area contributed by atoms with Crippen LogP contribution in [0.25, 0.3) is 11.5 Å². The van der Waals surface area contributed by atoms with E-state index in [-0.39, 0.29) is 11.4 Å². The van der Waals surface area contributed by atoms with Gasteiger partial charge < -0.3 is 15.2 Å². The van der Waals surface area contributed by atoms with Crippen LogP contribution in [-0.4, -0.2) is 49.8 Å². The maximum atomic E-state index is 6.18. The van der Waals surface area contributed by atoms with E-state index >= 15 is 0 Å². The number of aromatic nitrogens is 5. The number of hydrogen-bond donors (Lipinski definition) is 1. The molecule has 0 spiro atoms. The molecule has 0 aliphatic carbocycles. The van der Waals surface area contributed by atoms with Gasteiger partial charge in [-0.3, -0.25) is 0 Å². The summed E-state index contributed by atoms with van der Waals surface area (Å²) < 4.78 is 1.97. The molecular formula is C14H20ClN7. The first-order valence-corrected chi connectivity index (χ1v) is 7.65. The average molecular weight is 322 g/mol. The summed E-state index contributed by atoms with van der Waals surface area (Å²) in [7, 11) is 4.09. The Morgan fingerprint density at radius 1 is 1.23 bits per heavy atom. The van der Waals surface area contributed by atoms with Crippen molar-refractivity contribution in [3.05, 3.63) is 17.0 Å². The summed E-state index contributed by atoms with van der Waals surface area (Å²) in [4.78, 5) is 10.4. The molecule has 0 saturated carbocycles. The van der Waals surface area contributed by atoms with Crippen LogP contribution in [0.5, 0.6) is 0 Å². The van der Waals surface area contributed by atoms with Crippen LogP contribution in [0.2, 0.25) is 5.02 Å². The highest BCUT2D eigenvalue weighted by Crippen LogP contribution is 2.35. The van der Waals surface area contributed by atoms with Gasteiger partial charge >= 0.3 is 0 Å². The van der Waals surface area contributed by atoms with Crippen molar-refractivity contribution in [3.63, 3.8) is 0 Å². The first-order valence-electron chi connectivity index (χ1n) is 7.27. The second-order valence-corrected chi connectivity index (χ2v) is 6.60. The number of hydrogen-bond acceptors (Lipinski definition) is 6. The van der Waals surface area contributed by atoms with E-state index in [9.17, 15) is 0 Å². The number of likely N-dealkylation sites (tertiary alicyclic amines) is 1. The van der Waals surface area contributed by atoms with Gasteiger partial charge in [0.05, 0.1) is 11.2 Å². The van der Waals surface area contributed by atoms with Crippen molar-refractivity contribution < 1.29 is 0 Å². The standard InChI is InChI=1S/C14H20ClN7/c1-14(4-6-21(2)7-5-14)12-20-19-11(22(12)3)10-9(15)8-17-13(16)18-10/h8H,4-7H2,1-3H3,(H2,16,17,18). The molecule has 1 fully saturated rings. The van der Waals surface area contributed by atoms with Crippen LogP contribution in [0.15, 0.2) is 6.20 Å². The zero-order valence-electron chi connectivity index (χ0n) is 13.0. The Labute approximate surface area is 134 Å². The maximum Gasteiger partial charge on any atom is 0.220 e. The second-order valence-electron chi connectivity index (χ2n) is 6.19. The molecule has 0 radical (unpaired) electrons. The van der Waals surface area contributed by atoms with Gasteiger partial charge in [0.2, 0.25) is 5.95 Å². The van der Waals surface area contributed by atoms with Crippen molar-refractivity contribution in [1.29, 1.82) is 0 Å². The number of rotatable bonds is 2. The van der Waals surface area contributed by atoms with E-state index in [4.69, 9.17) is 17.3 Å². The van der Waals surface area contributed by atoms with Gasteiger partial charge in [-0.1, -0.05) is 18.5 Å². The van der Waals surface area contributed by atoms with E-state index in [1.807, 2.05) is 11.6 Å². The number of halogens is 1. The minimum absolute atomic E-state index is 0.0115. The molecule has 0 amide bonds. The number of nitrogens with two attached hydrogens (primary N) is 1. The molecule has 1 aliphatic heterocycles. The summed E-state index contributed by atoms with van der Waals surface area (Å²) in [5.41, 5.74) is 6.19. The quantitative estimate of drug-likeness (QED) is 0.902. The zero-order valence-corrected chi connectivity index (χ0v) is 13.8. The van der Waals surface area contributed by atoms with Crippen molar-refractivity contribution in [2.24, 2.45) is 7.05 Å². The molecule has 7 nitrogen and oxygen atoms in total. The van der Waals surface area contributed by atoms with E-state index in [1.54, 1.807) is 0 Å². The molecule has 2 N–H and O–H groups in total. The smallest absolute Gasteiger partial charge is 0.220 e. The topological polar surface area (TPSA) is 85.8 Å². The molecule has 0 aromatic carbocycles. The maximum absolute atomic E-state index is 6.18. The number of nitrogen functional groups attached to an aromatic ring is 1. The third-order valence-electron chi connectivity index (χ3n) is 4.48. The minimum atomic E-state index is 0.0115. The molecule has 22 heavy (non-hydrogen) atoms. The van der Waals surface area contributed by atoms with Gasteiger partial charge in [-0.2, -0.15) is 0 Å². The SMILES string of the molecule is CN1CCC(C)(c2nnc(-c3nc(N)ncc3Cl)n2C)CC1. The third-order valence-corrected chi connectivity index (χ3v) is 4.76. The fourth-order valence-electron chi connectivity index (χ4n) is 2.93. The fraction of sp³-hybridized carbons (Fsp3) is 0.571. The Kier molecular flexibility index (Phi) is 3.78. The molecule has 1 aliphatic rings. The average Bonchev–Trinajstić information content (AvgIpc) is 2.87. The molecule has 0 atom stereocenters. The summed E-state index contributed by atoms with van der Waals surface area (Å²) in [6.45, 7) is 4.35. The largest absolute Gasteiger partial charge is 0.368 e. The Morgan fingerprint density at radius 2 is 1.91 bits per heavy atom. The molecule has 0 bridgehead atoms. The van der Waals surface area contributed by atoms with Gasteiger partial charge in [-0.15, -0.1) is 10.2 Å². The van der Waals surface area contributed by atoms with Gasteiger partial charge in [-0.05, 0) is 33.0 Å². The zero-order chi connectivity index (χ0) is 15.9. The molecule has 8 heteroatoms. The lowest BCUT2D eigenvalue weighted by molar-refractivity contribution is 0.190. The van der Waals surface area contributed by atoms with Crippen LogP contribution in [0.4, 0.5) is 5.95 Å². The number of piperidine rings is 1. The molecule has 2 aromatic rings. The van der Waals surface area contributed by atoms with Crippen molar-refractivity contribution in [3.8, 4) is 11.5 Å². The number of nitrogens with zero attached hydrogens (tertiary/aromatic N) is 6. The van der Waals surface area contributed by atoms with Crippen molar-refractivity contribution in [2.45, 2.75) is 25.2 Å². The molecule has 3 heterocycles. The summed E-state index contributed by atoms with van der Waals surface area (Å²) in [5.74, 6) is 1.76. The predicted octanol–water partition coefficient (Wildman–Crippen LogP) is 1.49. The first kappa shape index (κ1) is 15.2. The van der Waals surface area contributed by atoms with E-state index in [1.165, 1.54) is 6.20 Å². The van der Waals surface area contributed by atoms with E-state index < -0.39 is 0 Å². The lowest BCUT2D eigenvalue weighted by Crippen LogP contribution is -2.40. The molecule has 1 saturated heterocycles. The molecule has 118 valence electrons. The predicted molar refractivity (Wildman–Crippen MR) is 85.5 cm³/mol. The normalized spacial score (nSPS) is 18.5. The Balaban J connectivity index is 2.00. The second kappa shape index (κ2) is 5.48. The molecule has 0 unspecified atom stereocenters. The lowest BCUT2D eigenvalue weighted by atomic mass is 9.79.